The second-order valence-electron chi connectivity index (χ2n) is 2.83. The molecule has 1 heterocycles. The van der Waals surface area contributed by atoms with Crippen LogP contribution in [-0.4, -0.2) is 14.8 Å². The molecule has 0 saturated carbocycles. The monoisotopic (exact) mass is 211 g/mol. The predicted molar refractivity (Wildman–Crippen MR) is 50.5 cm³/mol. The lowest BCUT2D eigenvalue weighted by Crippen LogP contribution is -2.00. The number of hydrogen-bond donors (Lipinski definition) is 0. The van der Waals surface area contributed by atoms with Crippen LogP contribution in [0.15, 0.2) is 30.9 Å². The third kappa shape index (κ3) is 1.90. The molecule has 0 aliphatic rings. The smallest absolute Gasteiger partial charge is 0.137 e. The van der Waals surface area contributed by atoms with E-state index in [1.165, 1.54) is 24.5 Å². The Morgan fingerprint density at radius 1 is 1.43 bits per heavy atom. The lowest BCUT2D eigenvalue weighted by atomic mass is 10.2. The summed E-state index contributed by atoms with van der Waals surface area (Å²) < 4.78 is 14.5. The van der Waals surface area contributed by atoms with Gasteiger partial charge in [-0.05, 0) is 23.8 Å². The van der Waals surface area contributed by atoms with E-state index in [0.29, 0.717) is 17.1 Å². The van der Waals surface area contributed by atoms with E-state index in [-0.39, 0.29) is 5.82 Å². The van der Waals surface area contributed by atoms with Crippen molar-refractivity contribution in [3.63, 3.8) is 0 Å². The second kappa shape index (κ2) is 3.75. The normalized spacial score (nSPS) is 10.4. The molecule has 0 saturated heterocycles. The van der Waals surface area contributed by atoms with Crippen molar-refractivity contribution in [3.05, 3.63) is 47.3 Å². The molecular weight excluding hydrogens is 205 g/mol. The fourth-order valence-corrected chi connectivity index (χ4v) is 1.33. The molecule has 0 N–H and O–H groups in total. The van der Waals surface area contributed by atoms with Gasteiger partial charge in [-0.25, -0.2) is 14.1 Å². The van der Waals surface area contributed by atoms with Gasteiger partial charge in [0.2, 0.25) is 0 Å². The number of hydrogen-bond acceptors (Lipinski definition) is 2. The summed E-state index contributed by atoms with van der Waals surface area (Å²) in [7, 11) is 0. The summed E-state index contributed by atoms with van der Waals surface area (Å²) in [5.74, 6) is -0.301. The summed E-state index contributed by atoms with van der Waals surface area (Å²) in [6.07, 6.45) is 2.98. The first-order chi connectivity index (χ1) is 6.75. The van der Waals surface area contributed by atoms with Crippen LogP contribution >= 0.6 is 11.6 Å². The highest BCUT2D eigenvalue weighted by Gasteiger charge is 2.03. The van der Waals surface area contributed by atoms with Gasteiger partial charge in [0.25, 0.3) is 0 Å². The molecule has 14 heavy (non-hydrogen) atoms. The topological polar surface area (TPSA) is 30.7 Å². The molecule has 1 aromatic heterocycles. The Morgan fingerprint density at radius 2 is 2.29 bits per heavy atom. The zero-order valence-electron chi connectivity index (χ0n) is 7.19. The molecule has 3 nitrogen and oxygen atoms in total. The third-order valence-corrected chi connectivity index (χ3v) is 2.18. The molecule has 0 amide bonds. The largest absolute Gasteiger partial charge is 0.248 e. The van der Waals surface area contributed by atoms with Gasteiger partial charge in [0.15, 0.2) is 0 Å². The fourth-order valence-electron chi connectivity index (χ4n) is 1.15. The van der Waals surface area contributed by atoms with E-state index in [1.807, 2.05) is 0 Å². The minimum absolute atomic E-state index is 0.301. The zero-order chi connectivity index (χ0) is 9.97. The minimum Gasteiger partial charge on any atom is -0.248 e. The summed E-state index contributed by atoms with van der Waals surface area (Å²) in [6.45, 7) is 0.427. The Labute approximate surface area is 85.1 Å². The predicted octanol–water partition coefficient (Wildman–Crippen LogP) is 2.12. The Hall–Kier alpha value is -1.42. The van der Waals surface area contributed by atoms with E-state index >= 15 is 0 Å². The molecule has 0 bridgehead atoms. The summed E-state index contributed by atoms with van der Waals surface area (Å²) in [6, 6.07) is 4.25. The highest BCUT2D eigenvalue weighted by molar-refractivity contribution is 6.31. The van der Waals surface area contributed by atoms with Crippen LogP contribution in [-0.2, 0) is 6.54 Å². The van der Waals surface area contributed by atoms with Crippen LogP contribution < -0.4 is 0 Å². The van der Waals surface area contributed by atoms with Gasteiger partial charge in [-0.2, -0.15) is 5.10 Å². The SMILES string of the molecule is Fc1ccc(Cl)c(Cn2cncn2)c1. The molecule has 0 atom stereocenters. The summed E-state index contributed by atoms with van der Waals surface area (Å²) in [5.41, 5.74) is 0.692. The molecular formula is C9H7ClFN3. The number of halogens is 2. The second-order valence-corrected chi connectivity index (χ2v) is 3.24. The van der Waals surface area contributed by atoms with Crippen molar-refractivity contribution >= 4 is 11.6 Å². The summed E-state index contributed by atoms with van der Waals surface area (Å²) >= 11 is 5.88. The maximum Gasteiger partial charge on any atom is 0.137 e. The van der Waals surface area contributed by atoms with Gasteiger partial charge < -0.3 is 0 Å². The molecule has 0 unspecified atom stereocenters. The Kier molecular flexibility index (Phi) is 2.45. The maximum absolute atomic E-state index is 12.9. The van der Waals surface area contributed by atoms with Crippen molar-refractivity contribution in [2.45, 2.75) is 6.54 Å². The average molecular weight is 212 g/mol. The van der Waals surface area contributed by atoms with Crippen molar-refractivity contribution in [2.75, 3.05) is 0 Å². The quantitative estimate of drug-likeness (QED) is 0.762. The van der Waals surface area contributed by atoms with Crippen molar-refractivity contribution in [2.24, 2.45) is 0 Å². The lowest BCUT2D eigenvalue weighted by molar-refractivity contribution is 0.619. The first-order valence-electron chi connectivity index (χ1n) is 4.02. The van der Waals surface area contributed by atoms with Crippen LogP contribution in [0.3, 0.4) is 0 Å². The van der Waals surface area contributed by atoms with Crippen LogP contribution in [0.2, 0.25) is 5.02 Å². The molecule has 2 aromatic rings. The molecule has 72 valence electrons. The number of aromatic nitrogens is 3. The van der Waals surface area contributed by atoms with E-state index in [1.54, 1.807) is 11.0 Å². The van der Waals surface area contributed by atoms with Crippen molar-refractivity contribution in [1.29, 1.82) is 0 Å². The highest BCUT2D eigenvalue weighted by atomic mass is 35.5. The average Bonchev–Trinajstić information content (AvgIpc) is 2.64. The number of nitrogens with zero attached hydrogens (tertiary/aromatic N) is 3. The lowest BCUT2D eigenvalue weighted by Gasteiger charge is -2.03. The van der Waals surface area contributed by atoms with Gasteiger partial charge >= 0.3 is 0 Å². The van der Waals surface area contributed by atoms with Crippen LogP contribution in [0.5, 0.6) is 0 Å². The zero-order valence-corrected chi connectivity index (χ0v) is 7.95. The first-order valence-corrected chi connectivity index (χ1v) is 4.40. The van der Waals surface area contributed by atoms with Crippen molar-refractivity contribution in [1.82, 2.24) is 14.8 Å². The van der Waals surface area contributed by atoms with Crippen LogP contribution in [0.4, 0.5) is 4.39 Å². The van der Waals surface area contributed by atoms with Gasteiger partial charge in [0.05, 0.1) is 6.54 Å². The van der Waals surface area contributed by atoms with E-state index in [9.17, 15) is 4.39 Å². The molecule has 0 spiro atoms. The molecule has 0 fully saturated rings. The Balaban J connectivity index is 2.28. The Bertz CT molecular complexity index is 428. The molecule has 2 rings (SSSR count). The molecule has 1 aromatic carbocycles. The third-order valence-electron chi connectivity index (χ3n) is 1.81. The van der Waals surface area contributed by atoms with Crippen LogP contribution in [0.25, 0.3) is 0 Å². The van der Waals surface area contributed by atoms with Gasteiger partial charge in [-0.3, -0.25) is 0 Å². The van der Waals surface area contributed by atoms with Gasteiger partial charge in [0.1, 0.15) is 18.5 Å². The number of benzene rings is 1. The van der Waals surface area contributed by atoms with Gasteiger partial charge in [-0.15, -0.1) is 0 Å². The maximum atomic E-state index is 12.9. The molecule has 0 aliphatic heterocycles. The van der Waals surface area contributed by atoms with E-state index in [2.05, 4.69) is 10.1 Å². The number of rotatable bonds is 2. The van der Waals surface area contributed by atoms with Crippen LogP contribution in [0.1, 0.15) is 5.56 Å². The molecule has 0 aliphatic carbocycles. The Morgan fingerprint density at radius 3 is 3.00 bits per heavy atom. The van der Waals surface area contributed by atoms with Gasteiger partial charge in [-0.1, -0.05) is 11.6 Å². The van der Waals surface area contributed by atoms with Gasteiger partial charge in [0, 0.05) is 5.02 Å². The molecule has 5 heteroatoms. The fraction of sp³-hybridized carbons (Fsp3) is 0.111. The minimum atomic E-state index is -0.301. The standard InChI is InChI=1S/C9H7ClFN3/c10-9-2-1-8(11)3-7(9)4-14-6-12-5-13-14/h1-3,5-6H,4H2. The van der Waals surface area contributed by atoms with E-state index < -0.39 is 0 Å². The van der Waals surface area contributed by atoms with Crippen molar-refractivity contribution < 1.29 is 4.39 Å². The van der Waals surface area contributed by atoms with E-state index in [4.69, 9.17) is 11.6 Å². The molecule has 0 radical (unpaired) electrons. The van der Waals surface area contributed by atoms with Crippen molar-refractivity contribution in [3.8, 4) is 0 Å². The highest BCUT2D eigenvalue weighted by Crippen LogP contribution is 2.17. The van der Waals surface area contributed by atoms with E-state index in [0.717, 1.165) is 0 Å². The summed E-state index contributed by atoms with van der Waals surface area (Å²) in [5, 5.41) is 4.44. The summed E-state index contributed by atoms with van der Waals surface area (Å²) in [4.78, 5) is 3.79. The first kappa shape index (κ1) is 9.15. The van der Waals surface area contributed by atoms with Crippen LogP contribution in [0, 0.1) is 5.82 Å².